The van der Waals surface area contributed by atoms with Crippen molar-refractivity contribution in [3.05, 3.63) is 34.8 Å². The molecule has 4 aromatic heterocycles. The van der Waals surface area contributed by atoms with E-state index in [0.29, 0.717) is 5.82 Å². The summed E-state index contributed by atoms with van der Waals surface area (Å²) in [7, 11) is 1.90. The van der Waals surface area contributed by atoms with Crippen LogP contribution >= 0.6 is 27.3 Å². The van der Waals surface area contributed by atoms with E-state index in [1.54, 1.807) is 23.1 Å². The second kappa shape index (κ2) is 4.96. The standard InChI is InChI=1S/C13H10BrN7S/c1-7-10(6-16-20(7)2)11-17-18-13-21(11)19-12(22-13)8-3-9(14)5-15-4-8/h3-6H,1-2H3. The number of pyridine rings is 1. The van der Waals surface area contributed by atoms with E-state index in [1.165, 1.54) is 11.3 Å². The summed E-state index contributed by atoms with van der Waals surface area (Å²) in [5, 5.41) is 18.2. The monoisotopic (exact) mass is 375 g/mol. The van der Waals surface area contributed by atoms with Crippen molar-refractivity contribution >= 4 is 32.2 Å². The van der Waals surface area contributed by atoms with Crippen LogP contribution < -0.4 is 0 Å². The molecule has 0 aliphatic carbocycles. The molecule has 0 N–H and O–H groups in total. The number of hydrogen-bond donors (Lipinski definition) is 0. The summed E-state index contributed by atoms with van der Waals surface area (Å²) in [4.78, 5) is 4.92. The van der Waals surface area contributed by atoms with E-state index >= 15 is 0 Å². The Bertz CT molecular complexity index is 984. The van der Waals surface area contributed by atoms with Gasteiger partial charge in [0.2, 0.25) is 4.96 Å². The molecule has 0 saturated heterocycles. The molecule has 7 nitrogen and oxygen atoms in total. The minimum absolute atomic E-state index is 0.700. The van der Waals surface area contributed by atoms with Crippen molar-refractivity contribution in [1.29, 1.82) is 0 Å². The fraction of sp³-hybridized carbons (Fsp3) is 0.154. The van der Waals surface area contributed by atoms with E-state index in [2.05, 4.69) is 41.3 Å². The summed E-state index contributed by atoms with van der Waals surface area (Å²) in [5.74, 6) is 0.700. The normalized spacial score (nSPS) is 11.4. The molecule has 4 aromatic rings. The van der Waals surface area contributed by atoms with Crippen LogP contribution in [0.25, 0.3) is 26.9 Å². The Morgan fingerprint density at radius 3 is 2.77 bits per heavy atom. The van der Waals surface area contributed by atoms with Gasteiger partial charge in [0.05, 0.1) is 11.8 Å². The largest absolute Gasteiger partial charge is 0.272 e. The molecule has 0 aliphatic heterocycles. The lowest BCUT2D eigenvalue weighted by atomic mass is 10.2. The Hall–Kier alpha value is -2.13. The van der Waals surface area contributed by atoms with Crippen LogP contribution in [0, 0.1) is 6.92 Å². The van der Waals surface area contributed by atoms with Crippen LogP contribution in [0.4, 0.5) is 0 Å². The van der Waals surface area contributed by atoms with Gasteiger partial charge >= 0.3 is 0 Å². The first kappa shape index (κ1) is 13.5. The number of nitrogens with zero attached hydrogens (tertiary/aromatic N) is 7. The Labute approximate surface area is 137 Å². The summed E-state index contributed by atoms with van der Waals surface area (Å²) in [5.41, 5.74) is 2.89. The Morgan fingerprint density at radius 2 is 2.05 bits per heavy atom. The van der Waals surface area contributed by atoms with Crippen LogP contribution in [0.5, 0.6) is 0 Å². The van der Waals surface area contributed by atoms with Crippen LogP contribution in [0.3, 0.4) is 0 Å². The highest BCUT2D eigenvalue weighted by molar-refractivity contribution is 9.10. The molecule has 0 aromatic carbocycles. The van der Waals surface area contributed by atoms with E-state index in [9.17, 15) is 0 Å². The molecule has 0 saturated carbocycles. The Kier molecular flexibility index (Phi) is 3.05. The molecular weight excluding hydrogens is 366 g/mol. The fourth-order valence-corrected chi connectivity index (χ4v) is 3.33. The third-order valence-electron chi connectivity index (χ3n) is 3.42. The highest BCUT2D eigenvalue weighted by Gasteiger charge is 2.17. The van der Waals surface area contributed by atoms with Gasteiger partial charge in [0.1, 0.15) is 5.01 Å². The maximum atomic E-state index is 4.62. The summed E-state index contributed by atoms with van der Waals surface area (Å²) in [6, 6.07) is 1.98. The third-order valence-corrected chi connectivity index (χ3v) is 4.80. The van der Waals surface area contributed by atoms with Crippen molar-refractivity contribution in [2.75, 3.05) is 0 Å². The second-order valence-corrected chi connectivity index (χ2v) is 6.66. The highest BCUT2D eigenvalue weighted by Crippen LogP contribution is 2.29. The van der Waals surface area contributed by atoms with Gasteiger partial charge in [-0.25, -0.2) is 0 Å². The van der Waals surface area contributed by atoms with Gasteiger partial charge in [-0.2, -0.15) is 14.7 Å². The average Bonchev–Trinajstić information content (AvgIpc) is 3.16. The minimum Gasteiger partial charge on any atom is -0.272 e. The molecule has 0 unspecified atom stereocenters. The topological polar surface area (TPSA) is 73.8 Å². The Balaban J connectivity index is 1.88. The van der Waals surface area contributed by atoms with Crippen molar-refractivity contribution in [1.82, 2.24) is 34.6 Å². The first-order valence-electron chi connectivity index (χ1n) is 6.45. The molecular formula is C13H10BrN7S. The summed E-state index contributed by atoms with van der Waals surface area (Å²) in [6.07, 6.45) is 5.31. The second-order valence-electron chi connectivity index (χ2n) is 4.78. The lowest BCUT2D eigenvalue weighted by Crippen LogP contribution is -1.95. The zero-order valence-corrected chi connectivity index (χ0v) is 14.1. The minimum atomic E-state index is 0.700. The number of hydrogen-bond acceptors (Lipinski definition) is 6. The molecule has 0 atom stereocenters. The number of aromatic nitrogens is 7. The SMILES string of the molecule is Cc1c(-c2nnc3sc(-c4cncc(Br)c4)nn23)cnn1C. The van der Waals surface area contributed by atoms with Crippen LogP contribution in [0.15, 0.2) is 29.1 Å². The van der Waals surface area contributed by atoms with Gasteiger partial charge in [-0.3, -0.25) is 9.67 Å². The predicted octanol–water partition coefficient (Wildman–Crippen LogP) is 2.72. The molecule has 22 heavy (non-hydrogen) atoms. The predicted molar refractivity (Wildman–Crippen MR) is 86.5 cm³/mol. The van der Waals surface area contributed by atoms with E-state index in [4.69, 9.17) is 0 Å². The van der Waals surface area contributed by atoms with Crippen molar-refractivity contribution in [2.24, 2.45) is 7.05 Å². The molecule has 0 bridgehead atoms. The molecule has 4 rings (SSSR count). The average molecular weight is 376 g/mol. The van der Waals surface area contributed by atoms with Crippen LogP contribution in [-0.2, 0) is 7.05 Å². The van der Waals surface area contributed by atoms with Gasteiger partial charge in [-0.05, 0) is 28.9 Å². The molecule has 9 heteroatoms. The van der Waals surface area contributed by atoms with Crippen molar-refractivity contribution in [3.8, 4) is 22.0 Å². The smallest absolute Gasteiger partial charge is 0.235 e. The van der Waals surface area contributed by atoms with Gasteiger partial charge in [-0.1, -0.05) is 11.3 Å². The zero-order chi connectivity index (χ0) is 15.3. The van der Waals surface area contributed by atoms with Gasteiger partial charge in [0.25, 0.3) is 0 Å². The molecule has 4 heterocycles. The molecule has 110 valence electrons. The highest BCUT2D eigenvalue weighted by atomic mass is 79.9. The molecule has 0 amide bonds. The van der Waals surface area contributed by atoms with Gasteiger partial charge in [0, 0.05) is 35.2 Å². The molecule has 0 spiro atoms. The molecule has 0 fully saturated rings. The van der Waals surface area contributed by atoms with Gasteiger partial charge in [0.15, 0.2) is 5.82 Å². The summed E-state index contributed by atoms with van der Waals surface area (Å²) < 4.78 is 4.48. The maximum absolute atomic E-state index is 4.62. The quantitative estimate of drug-likeness (QED) is 0.538. The van der Waals surface area contributed by atoms with E-state index < -0.39 is 0 Å². The molecule has 0 aliphatic rings. The van der Waals surface area contributed by atoms with Gasteiger partial charge < -0.3 is 0 Å². The maximum Gasteiger partial charge on any atom is 0.235 e. The summed E-state index contributed by atoms with van der Waals surface area (Å²) in [6.45, 7) is 1.99. The molecule has 0 radical (unpaired) electrons. The third kappa shape index (κ3) is 2.04. The van der Waals surface area contributed by atoms with E-state index in [0.717, 1.165) is 31.3 Å². The van der Waals surface area contributed by atoms with E-state index in [-0.39, 0.29) is 0 Å². The van der Waals surface area contributed by atoms with Crippen LogP contribution in [-0.4, -0.2) is 34.6 Å². The van der Waals surface area contributed by atoms with E-state index in [1.807, 2.05) is 24.7 Å². The zero-order valence-electron chi connectivity index (χ0n) is 11.7. The number of rotatable bonds is 2. The first-order chi connectivity index (χ1) is 10.6. The summed E-state index contributed by atoms with van der Waals surface area (Å²) >= 11 is 4.90. The first-order valence-corrected chi connectivity index (χ1v) is 8.06. The van der Waals surface area contributed by atoms with Gasteiger partial charge in [-0.15, -0.1) is 10.2 Å². The van der Waals surface area contributed by atoms with Crippen LogP contribution in [0.2, 0.25) is 0 Å². The lowest BCUT2D eigenvalue weighted by molar-refractivity contribution is 0.740. The van der Waals surface area contributed by atoms with Crippen molar-refractivity contribution < 1.29 is 0 Å². The van der Waals surface area contributed by atoms with Crippen LogP contribution in [0.1, 0.15) is 5.69 Å². The van der Waals surface area contributed by atoms with Crippen molar-refractivity contribution in [2.45, 2.75) is 6.92 Å². The number of aryl methyl sites for hydroxylation is 1. The number of fused-ring (bicyclic) bond motifs is 1. The van der Waals surface area contributed by atoms with Crippen molar-refractivity contribution in [3.63, 3.8) is 0 Å². The lowest BCUT2D eigenvalue weighted by Gasteiger charge is -1.97. The Morgan fingerprint density at radius 1 is 1.18 bits per heavy atom. The fourth-order valence-electron chi connectivity index (χ4n) is 2.15. The number of halogens is 1.